The maximum absolute atomic E-state index is 9.36. The van der Waals surface area contributed by atoms with E-state index in [1.807, 2.05) is 6.92 Å². The maximum atomic E-state index is 9.36. The Morgan fingerprint density at radius 1 is 0.571 bits per heavy atom. The Morgan fingerprint density at radius 3 is 1.36 bits per heavy atom. The van der Waals surface area contributed by atoms with E-state index in [4.69, 9.17) is 39.7 Å². The van der Waals surface area contributed by atoms with Gasteiger partial charge in [-0.15, -0.1) is 0 Å². The molecule has 0 aliphatic carbocycles. The molecule has 250 valence electrons. The van der Waals surface area contributed by atoms with Crippen molar-refractivity contribution in [3.8, 4) is 0 Å². The predicted octanol–water partition coefficient (Wildman–Crippen LogP) is -1.30. The van der Waals surface area contributed by atoms with Crippen LogP contribution in [0.3, 0.4) is 0 Å². The molecule has 0 saturated carbocycles. The van der Waals surface area contributed by atoms with Crippen LogP contribution in [0, 0.1) is 39.3 Å². The van der Waals surface area contributed by atoms with Crippen LogP contribution in [0.4, 0.5) is 0 Å². The number of ether oxygens (including phenoxy) is 7. The molecule has 0 spiro atoms. The van der Waals surface area contributed by atoms with Gasteiger partial charge in [-0.25, -0.2) is 28.4 Å². The van der Waals surface area contributed by atoms with Crippen molar-refractivity contribution in [1.82, 2.24) is 0 Å². The van der Waals surface area contributed by atoms with Crippen LogP contribution in [0.15, 0.2) is 0 Å². The summed E-state index contributed by atoms with van der Waals surface area (Å²) in [4.78, 5) is 0. The molecule has 0 bridgehead atoms. The molecule has 0 aromatic heterocycles. The van der Waals surface area contributed by atoms with E-state index in [1.165, 1.54) is 0 Å². The van der Waals surface area contributed by atoms with E-state index in [0.717, 1.165) is 0 Å². The van der Waals surface area contributed by atoms with Crippen LogP contribution < -0.4 is 0 Å². The Morgan fingerprint density at radius 2 is 1.00 bits per heavy atom. The molecule has 2 atom stereocenters. The van der Waals surface area contributed by atoms with Gasteiger partial charge in [0.1, 0.15) is 6.10 Å². The second-order valence-corrected chi connectivity index (χ2v) is 9.01. The average molecular weight is 1120 g/mol. The standard InChI is InChI=1S/C11H23O6.C8H17O4.C7H14O4.2Rf/c1-15-7-10(13)3-2-5-16-8-11(14)9-17-6-4-12;1-3-12-7-8(4-9,5-10)6-11-2;1-10-5-7(3-8,4-9)6-11-2;;/h10-14H,1-9H2;9-10H,2-7H2,1H3;8-9H,1-6H2;;/q2*-1;-2;;. The van der Waals surface area contributed by atoms with E-state index in [0.29, 0.717) is 26.1 Å². The van der Waals surface area contributed by atoms with E-state index in [1.54, 1.807) is 0 Å². The summed E-state index contributed by atoms with van der Waals surface area (Å²) in [6.45, 7) is 3.60. The minimum atomic E-state index is -0.774. The Kier molecular flexibility index (Phi) is 40.5. The average Bonchev–Trinajstić information content (AvgIpc) is 2.96. The summed E-state index contributed by atoms with van der Waals surface area (Å²) >= 11 is 0. The maximum Gasteiger partial charge on any atom is 0.101 e. The first-order chi connectivity index (χ1) is 19.2. The van der Waals surface area contributed by atoms with Gasteiger partial charge in [0, 0.05) is 39.6 Å². The molecule has 0 rings (SSSR count). The van der Waals surface area contributed by atoms with Gasteiger partial charge in [0.25, 0.3) is 0 Å². The summed E-state index contributed by atoms with van der Waals surface area (Å²) in [7, 11) is 12.7. The van der Waals surface area contributed by atoms with Crippen molar-refractivity contribution >= 4 is 0 Å². The van der Waals surface area contributed by atoms with E-state index in [-0.39, 0.29) is 85.9 Å². The molecule has 0 amide bonds. The third-order valence-corrected chi connectivity index (χ3v) is 5.17. The minimum Gasteiger partial charge on any atom is -0.554 e. The topological polar surface area (TPSA) is 206 Å². The Labute approximate surface area is 239 Å². The third kappa shape index (κ3) is 27.6. The fourth-order valence-electron chi connectivity index (χ4n) is 2.71. The van der Waals surface area contributed by atoms with Crippen LogP contribution in [0.25, 0.3) is 0 Å². The molecule has 42 heavy (non-hydrogen) atoms. The molecule has 0 aromatic rings. The van der Waals surface area contributed by atoms with Crippen LogP contribution in [0.2, 0.25) is 0 Å². The summed E-state index contributed by atoms with van der Waals surface area (Å²) in [6.07, 6.45) is 0.0602. The van der Waals surface area contributed by atoms with Gasteiger partial charge in [0.05, 0.1) is 76.4 Å². The zero-order valence-corrected chi connectivity index (χ0v) is 38.2. The van der Waals surface area contributed by atoms with E-state index >= 15 is 0 Å². The van der Waals surface area contributed by atoms with Crippen LogP contribution >= 0.6 is 0 Å². The molecule has 7 N–H and O–H groups in total. The summed E-state index contributed by atoms with van der Waals surface area (Å²) < 4.78 is 33.5. The Balaban J connectivity index is -0.000000164. The summed E-state index contributed by atoms with van der Waals surface area (Å²) in [6, 6.07) is 0. The van der Waals surface area contributed by atoms with Crippen LogP contribution in [-0.2, 0) is 33.2 Å². The van der Waals surface area contributed by atoms with Crippen molar-refractivity contribution < 1.29 is 68.9 Å². The van der Waals surface area contributed by atoms with Gasteiger partial charge in [-0.05, 0) is 19.8 Å². The van der Waals surface area contributed by atoms with Gasteiger partial charge >= 0.3 is 0 Å². The number of rotatable bonds is 25. The third-order valence-electron chi connectivity index (χ3n) is 5.17. The van der Waals surface area contributed by atoms with Gasteiger partial charge in [-0.1, -0.05) is 0 Å². The molecule has 0 fully saturated rings. The van der Waals surface area contributed by atoms with Gasteiger partial charge in [0.2, 0.25) is 0 Å². The SMILES string of the molecule is [CH2-]OCC(CO)(CO)COCC.[CH2-]OCC(CO)(CO)CO[CH2-].[CH2-]OCC(O)CCCOCC(O)COCCO.[Rf].[Rf]. The monoisotopic (exact) mass is 1120 g/mol. The van der Waals surface area contributed by atoms with Gasteiger partial charge in [0.15, 0.2) is 0 Å². The molecule has 0 aliphatic rings. The normalized spacial score (nSPS) is 12.6. The van der Waals surface area contributed by atoms with Gasteiger partial charge in [-0.3, -0.25) is 0 Å². The van der Waals surface area contributed by atoms with E-state index < -0.39 is 23.0 Å². The first kappa shape index (κ1) is 49.1. The van der Waals surface area contributed by atoms with Crippen molar-refractivity contribution in [3.05, 3.63) is 28.4 Å². The molecule has 2 unspecified atom stereocenters. The van der Waals surface area contributed by atoms with Gasteiger partial charge < -0.3 is 68.9 Å². The summed E-state index contributed by atoms with van der Waals surface area (Å²) in [5, 5.41) is 62.8. The first-order valence-corrected chi connectivity index (χ1v) is 12.8. The smallest absolute Gasteiger partial charge is 0.101 e. The van der Waals surface area contributed by atoms with E-state index in [2.05, 4.69) is 47.4 Å². The quantitative estimate of drug-likeness (QED) is 0.0420. The molecule has 0 aromatic carbocycles. The molecule has 0 radical (unpaired) electrons. The largest absolute Gasteiger partial charge is 0.554 e. The zero-order chi connectivity index (χ0) is 31.1. The van der Waals surface area contributed by atoms with Gasteiger partial charge in [-0.2, -0.15) is 0 Å². The molecule has 0 heterocycles. The Hall–Kier alpha value is -2.56. The predicted molar refractivity (Wildman–Crippen MR) is 145 cm³/mol. The second kappa shape index (κ2) is 34.6. The van der Waals surface area contributed by atoms with Crippen LogP contribution in [-0.4, -0.2) is 147 Å². The van der Waals surface area contributed by atoms with E-state index in [9.17, 15) is 10.2 Å². The Bertz CT molecular complexity index is 482. The zero-order valence-electron chi connectivity index (χ0n) is 25.4. The van der Waals surface area contributed by atoms with Crippen molar-refractivity contribution in [2.75, 3.05) is 99.1 Å². The second-order valence-electron chi connectivity index (χ2n) is 9.01. The molecule has 0 aliphatic heterocycles. The van der Waals surface area contributed by atoms with Crippen molar-refractivity contribution in [2.45, 2.75) is 32.0 Å². The van der Waals surface area contributed by atoms with Crippen molar-refractivity contribution in [2.24, 2.45) is 10.8 Å². The molecule has 16 heteroatoms. The molecular weight excluding hydrogens is 1070 g/mol. The number of hydrogen-bond donors (Lipinski definition) is 7. The number of hydrogen-bond acceptors (Lipinski definition) is 14. The molecular formula is C26H54O14Rf2-4. The number of aliphatic hydroxyl groups excluding tert-OH is 7. The van der Waals surface area contributed by atoms with Crippen LogP contribution in [0.5, 0.6) is 0 Å². The summed E-state index contributed by atoms with van der Waals surface area (Å²) in [5.41, 5.74) is -1.48. The number of aliphatic hydroxyl groups is 7. The van der Waals surface area contributed by atoms with Crippen LogP contribution in [0.1, 0.15) is 19.8 Å². The fourth-order valence-corrected chi connectivity index (χ4v) is 2.71. The molecule has 0 saturated heterocycles. The summed E-state index contributed by atoms with van der Waals surface area (Å²) in [5.74, 6) is 0. The minimum absolute atomic E-state index is 0. The fraction of sp³-hybridized carbons (Fsp3) is 0.846. The first-order valence-electron chi connectivity index (χ1n) is 12.8. The van der Waals surface area contributed by atoms with Crippen molar-refractivity contribution in [3.63, 3.8) is 0 Å². The molecule has 14 nitrogen and oxygen atoms in total. The van der Waals surface area contributed by atoms with Crippen molar-refractivity contribution in [1.29, 1.82) is 0 Å².